The Balaban J connectivity index is 1.66. The van der Waals surface area contributed by atoms with Gasteiger partial charge in [0.1, 0.15) is 0 Å². The van der Waals surface area contributed by atoms with Gasteiger partial charge in [-0.25, -0.2) is 0 Å². The third-order valence-electron chi connectivity index (χ3n) is 4.34. The molecule has 0 aliphatic carbocycles. The van der Waals surface area contributed by atoms with Crippen LogP contribution in [0, 0.1) is 5.92 Å². The van der Waals surface area contributed by atoms with Gasteiger partial charge in [-0.15, -0.1) is 6.58 Å². The van der Waals surface area contributed by atoms with E-state index in [1.54, 1.807) is 0 Å². The highest BCUT2D eigenvalue weighted by atomic mass is 16.2. The molecule has 0 aromatic heterocycles. The molecule has 0 bridgehead atoms. The molecule has 1 amide bonds. The quantitative estimate of drug-likeness (QED) is 0.785. The smallest absolute Gasteiger partial charge is 0.227 e. The molecule has 2 aliphatic rings. The standard InChI is InChI=1S/C17H22N2O/c1-2-14-11-17(20)19(13-14)16-7-5-15(6-8-16)12-18-9-3-4-10-18/h2,5-8,14H,1,3-4,9-13H2. The van der Waals surface area contributed by atoms with E-state index in [4.69, 9.17) is 0 Å². The molecule has 2 heterocycles. The van der Waals surface area contributed by atoms with Crippen molar-refractivity contribution in [2.24, 2.45) is 5.92 Å². The molecule has 20 heavy (non-hydrogen) atoms. The average Bonchev–Trinajstić information content (AvgIpc) is 3.09. The summed E-state index contributed by atoms with van der Waals surface area (Å²) in [5.74, 6) is 0.508. The number of anilines is 1. The molecule has 2 aliphatic heterocycles. The van der Waals surface area contributed by atoms with Gasteiger partial charge in [0.15, 0.2) is 0 Å². The van der Waals surface area contributed by atoms with Gasteiger partial charge in [0.05, 0.1) is 0 Å². The average molecular weight is 270 g/mol. The van der Waals surface area contributed by atoms with Gasteiger partial charge in [0, 0.05) is 31.1 Å². The summed E-state index contributed by atoms with van der Waals surface area (Å²) in [4.78, 5) is 16.3. The van der Waals surface area contributed by atoms with Crippen molar-refractivity contribution in [1.29, 1.82) is 0 Å². The molecule has 3 heteroatoms. The van der Waals surface area contributed by atoms with Crippen molar-refractivity contribution in [3.05, 3.63) is 42.5 Å². The van der Waals surface area contributed by atoms with Gasteiger partial charge in [-0.05, 0) is 43.6 Å². The number of amides is 1. The summed E-state index contributed by atoms with van der Waals surface area (Å²) in [5.41, 5.74) is 2.35. The van der Waals surface area contributed by atoms with Crippen LogP contribution >= 0.6 is 0 Å². The predicted molar refractivity (Wildman–Crippen MR) is 81.6 cm³/mol. The van der Waals surface area contributed by atoms with E-state index in [0.29, 0.717) is 12.3 Å². The summed E-state index contributed by atoms with van der Waals surface area (Å²) >= 11 is 0. The first-order chi connectivity index (χ1) is 9.76. The van der Waals surface area contributed by atoms with E-state index in [0.717, 1.165) is 18.8 Å². The maximum absolute atomic E-state index is 12.0. The third kappa shape index (κ3) is 2.78. The zero-order valence-electron chi connectivity index (χ0n) is 11.9. The first kappa shape index (κ1) is 13.4. The number of likely N-dealkylation sites (tertiary alicyclic amines) is 1. The van der Waals surface area contributed by atoms with Crippen LogP contribution in [0.15, 0.2) is 36.9 Å². The van der Waals surface area contributed by atoms with E-state index >= 15 is 0 Å². The Kier molecular flexibility index (Phi) is 3.88. The van der Waals surface area contributed by atoms with E-state index in [1.807, 2.05) is 11.0 Å². The number of hydrogen-bond acceptors (Lipinski definition) is 2. The Labute approximate surface area is 120 Å². The normalized spacial score (nSPS) is 23.5. The highest BCUT2D eigenvalue weighted by Crippen LogP contribution is 2.26. The largest absolute Gasteiger partial charge is 0.312 e. The number of hydrogen-bond donors (Lipinski definition) is 0. The molecule has 1 unspecified atom stereocenters. The second-order valence-electron chi connectivity index (χ2n) is 5.85. The molecule has 106 valence electrons. The van der Waals surface area contributed by atoms with Gasteiger partial charge in [0.2, 0.25) is 5.91 Å². The molecule has 0 N–H and O–H groups in total. The SMILES string of the molecule is C=CC1CC(=O)N(c2ccc(CN3CCCC3)cc2)C1. The van der Waals surface area contributed by atoms with Crippen LogP contribution in [0.25, 0.3) is 0 Å². The minimum absolute atomic E-state index is 0.210. The summed E-state index contributed by atoms with van der Waals surface area (Å²) in [6.07, 6.45) is 5.13. The Hall–Kier alpha value is -1.61. The zero-order chi connectivity index (χ0) is 13.9. The molecule has 0 saturated carbocycles. The van der Waals surface area contributed by atoms with Crippen LogP contribution < -0.4 is 4.90 Å². The zero-order valence-corrected chi connectivity index (χ0v) is 11.9. The lowest BCUT2D eigenvalue weighted by Gasteiger charge is -2.18. The molecule has 3 nitrogen and oxygen atoms in total. The fraction of sp³-hybridized carbons (Fsp3) is 0.471. The monoisotopic (exact) mass is 270 g/mol. The van der Waals surface area contributed by atoms with Gasteiger partial charge >= 0.3 is 0 Å². The molecule has 2 fully saturated rings. The highest BCUT2D eigenvalue weighted by molar-refractivity contribution is 5.95. The topological polar surface area (TPSA) is 23.6 Å². The first-order valence-corrected chi connectivity index (χ1v) is 7.50. The van der Waals surface area contributed by atoms with Crippen molar-refractivity contribution in [2.75, 3.05) is 24.5 Å². The van der Waals surface area contributed by atoms with Crippen LogP contribution in [0.3, 0.4) is 0 Å². The van der Waals surface area contributed by atoms with E-state index in [-0.39, 0.29) is 5.91 Å². The number of carbonyl (C=O) groups is 1. The van der Waals surface area contributed by atoms with Crippen molar-refractivity contribution in [3.63, 3.8) is 0 Å². The summed E-state index contributed by atoms with van der Waals surface area (Å²) < 4.78 is 0. The molecule has 3 rings (SSSR count). The third-order valence-corrected chi connectivity index (χ3v) is 4.34. The van der Waals surface area contributed by atoms with Crippen LogP contribution in [-0.4, -0.2) is 30.4 Å². The summed E-state index contributed by atoms with van der Waals surface area (Å²) in [6, 6.07) is 8.47. The van der Waals surface area contributed by atoms with Crippen LogP contribution in [-0.2, 0) is 11.3 Å². The van der Waals surface area contributed by atoms with Crippen LogP contribution in [0.5, 0.6) is 0 Å². The number of benzene rings is 1. The van der Waals surface area contributed by atoms with Gasteiger partial charge in [-0.1, -0.05) is 18.2 Å². The Morgan fingerprint density at radius 2 is 1.90 bits per heavy atom. The minimum Gasteiger partial charge on any atom is -0.312 e. The second-order valence-corrected chi connectivity index (χ2v) is 5.85. The lowest BCUT2D eigenvalue weighted by Crippen LogP contribution is -2.24. The van der Waals surface area contributed by atoms with Crippen LogP contribution in [0.1, 0.15) is 24.8 Å². The lowest BCUT2D eigenvalue weighted by molar-refractivity contribution is -0.117. The predicted octanol–water partition coefficient (Wildman–Crippen LogP) is 2.82. The Morgan fingerprint density at radius 3 is 2.50 bits per heavy atom. The minimum atomic E-state index is 0.210. The second kappa shape index (κ2) is 5.80. The molecule has 1 aromatic rings. The molecule has 2 saturated heterocycles. The maximum atomic E-state index is 12.0. The molecule has 0 radical (unpaired) electrons. The van der Waals surface area contributed by atoms with Crippen molar-refractivity contribution in [3.8, 4) is 0 Å². The molecule has 1 aromatic carbocycles. The number of rotatable bonds is 4. The summed E-state index contributed by atoms with van der Waals surface area (Å²) in [6.45, 7) is 8.03. The molecule has 0 spiro atoms. The van der Waals surface area contributed by atoms with Crippen LogP contribution in [0.4, 0.5) is 5.69 Å². The van der Waals surface area contributed by atoms with Crippen molar-refractivity contribution in [2.45, 2.75) is 25.8 Å². The van der Waals surface area contributed by atoms with Crippen molar-refractivity contribution < 1.29 is 4.79 Å². The number of carbonyl (C=O) groups excluding carboxylic acids is 1. The van der Waals surface area contributed by atoms with E-state index in [9.17, 15) is 4.79 Å². The van der Waals surface area contributed by atoms with Gasteiger partial charge in [-0.3, -0.25) is 9.69 Å². The molecule has 1 atom stereocenters. The fourth-order valence-corrected chi connectivity index (χ4v) is 3.12. The van der Waals surface area contributed by atoms with E-state index < -0.39 is 0 Å². The van der Waals surface area contributed by atoms with Crippen molar-refractivity contribution in [1.82, 2.24) is 4.90 Å². The molecular formula is C17H22N2O. The van der Waals surface area contributed by atoms with Gasteiger partial charge in [0.25, 0.3) is 0 Å². The summed E-state index contributed by atoms with van der Waals surface area (Å²) in [7, 11) is 0. The highest BCUT2D eigenvalue weighted by Gasteiger charge is 2.28. The van der Waals surface area contributed by atoms with E-state index in [1.165, 1.54) is 31.5 Å². The Bertz CT molecular complexity index is 488. The fourth-order valence-electron chi connectivity index (χ4n) is 3.12. The van der Waals surface area contributed by atoms with Gasteiger partial charge < -0.3 is 4.90 Å². The number of nitrogens with zero attached hydrogens (tertiary/aromatic N) is 2. The van der Waals surface area contributed by atoms with Crippen LogP contribution in [0.2, 0.25) is 0 Å². The summed E-state index contributed by atoms with van der Waals surface area (Å²) in [5, 5.41) is 0. The van der Waals surface area contributed by atoms with Crippen molar-refractivity contribution >= 4 is 11.6 Å². The lowest BCUT2D eigenvalue weighted by atomic mass is 10.1. The van der Waals surface area contributed by atoms with E-state index in [2.05, 4.69) is 35.7 Å². The Morgan fingerprint density at radius 1 is 1.20 bits per heavy atom. The first-order valence-electron chi connectivity index (χ1n) is 7.50. The van der Waals surface area contributed by atoms with Gasteiger partial charge in [-0.2, -0.15) is 0 Å². The maximum Gasteiger partial charge on any atom is 0.227 e. The molecular weight excluding hydrogens is 248 g/mol.